The van der Waals surface area contributed by atoms with Crippen LogP contribution in [0.1, 0.15) is 23.2 Å². The van der Waals surface area contributed by atoms with Gasteiger partial charge < -0.3 is 16.2 Å². The van der Waals surface area contributed by atoms with Crippen LogP contribution < -0.4 is 16.2 Å². The van der Waals surface area contributed by atoms with Gasteiger partial charge in [-0.15, -0.1) is 0 Å². The molecular weight excluding hydrogens is 192 g/mol. The van der Waals surface area contributed by atoms with E-state index in [0.29, 0.717) is 36.4 Å². The molecule has 1 aromatic carbocycles. The van der Waals surface area contributed by atoms with E-state index in [-0.39, 0.29) is 5.78 Å². The van der Waals surface area contributed by atoms with Crippen molar-refractivity contribution in [2.45, 2.75) is 12.8 Å². The summed E-state index contributed by atoms with van der Waals surface area (Å²) in [5.41, 5.74) is 12.1. The summed E-state index contributed by atoms with van der Waals surface area (Å²) in [5, 5.41) is 0. The molecule has 1 rings (SSSR count). The summed E-state index contributed by atoms with van der Waals surface area (Å²) in [7, 11) is 1.56. The van der Waals surface area contributed by atoms with E-state index in [2.05, 4.69) is 0 Å². The number of nitrogen functional groups attached to an aromatic ring is 1. The van der Waals surface area contributed by atoms with Crippen molar-refractivity contribution in [2.24, 2.45) is 5.73 Å². The first kappa shape index (κ1) is 11.5. The van der Waals surface area contributed by atoms with Gasteiger partial charge in [-0.05, 0) is 31.2 Å². The first-order valence-corrected chi connectivity index (χ1v) is 4.86. The number of hydrogen-bond donors (Lipinski definition) is 2. The number of nitrogens with two attached hydrogens (primary N) is 2. The normalized spacial score (nSPS) is 10.0. The Morgan fingerprint density at radius 2 is 2.20 bits per heavy atom. The fourth-order valence-electron chi connectivity index (χ4n) is 1.30. The second-order valence-electron chi connectivity index (χ2n) is 3.27. The number of rotatable bonds is 5. The Morgan fingerprint density at radius 3 is 2.80 bits per heavy atom. The minimum atomic E-state index is 0.0110. The van der Waals surface area contributed by atoms with E-state index in [9.17, 15) is 4.79 Å². The lowest BCUT2D eigenvalue weighted by Crippen LogP contribution is -2.07. The standard InChI is InChI=1S/C11H16N2O2/c1-15-8-4-5-10(13)9(7-8)11(14)3-2-6-12/h4-5,7H,2-3,6,12-13H2,1H3. The highest BCUT2D eigenvalue weighted by molar-refractivity contribution is 6.01. The molecule has 0 aliphatic rings. The Morgan fingerprint density at radius 1 is 1.47 bits per heavy atom. The van der Waals surface area contributed by atoms with Gasteiger partial charge in [0, 0.05) is 17.7 Å². The summed E-state index contributed by atoms with van der Waals surface area (Å²) >= 11 is 0. The zero-order valence-corrected chi connectivity index (χ0v) is 8.82. The summed E-state index contributed by atoms with van der Waals surface area (Å²) in [6.07, 6.45) is 1.10. The number of hydrogen-bond acceptors (Lipinski definition) is 4. The lowest BCUT2D eigenvalue weighted by atomic mass is 10.0. The number of carbonyl (C=O) groups is 1. The summed E-state index contributed by atoms with van der Waals surface area (Å²) in [5.74, 6) is 0.650. The zero-order valence-electron chi connectivity index (χ0n) is 8.82. The maximum Gasteiger partial charge on any atom is 0.165 e. The predicted molar refractivity (Wildman–Crippen MR) is 60.0 cm³/mol. The minimum Gasteiger partial charge on any atom is -0.497 e. The molecule has 0 atom stereocenters. The van der Waals surface area contributed by atoms with Gasteiger partial charge in [-0.25, -0.2) is 0 Å². The summed E-state index contributed by atoms with van der Waals surface area (Å²) in [4.78, 5) is 11.7. The van der Waals surface area contributed by atoms with Crippen molar-refractivity contribution in [3.63, 3.8) is 0 Å². The van der Waals surface area contributed by atoms with E-state index < -0.39 is 0 Å². The molecular formula is C11H16N2O2. The van der Waals surface area contributed by atoms with Gasteiger partial charge in [0.05, 0.1) is 7.11 Å². The van der Waals surface area contributed by atoms with Crippen LogP contribution >= 0.6 is 0 Å². The van der Waals surface area contributed by atoms with E-state index in [0.717, 1.165) is 0 Å². The van der Waals surface area contributed by atoms with E-state index in [4.69, 9.17) is 16.2 Å². The number of ketones is 1. The molecule has 0 amide bonds. The molecule has 0 fully saturated rings. The van der Waals surface area contributed by atoms with Crippen LogP contribution in [0.4, 0.5) is 5.69 Å². The first-order valence-electron chi connectivity index (χ1n) is 4.86. The lowest BCUT2D eigenvalue weighted by molar-refractivity contribution is 0.0981. The van der Waals surface area contributed by atoms with Gasteiger partial charge in [0.25, 0.3) is 0 Å². The Balaban J connectivity index is 2.86. The highest BCUT2D eigenvalue weighted by Gasteiger charge is 2.10. The van der Waals surface area contributed by atoms with Crippen LogP contribution in [0.3, 0.4) is 0 Å². The summed E-state index contributed by atoms with van der Waals surface area (Å²) in [6, 6.07) is 5.07. The second kappa shape index (κ2) is 5.36. The van der Waals surface area contributed by atoms with Crippen molar-refractivity contribution in [1.82, 2.24) is 0 Å². The monoisotopic (exact) mass is 208 g/mol. The molecule has 0 heterocycles. The summed E-state index contributed by atoms with van der Waals surface area (Å²) < 4.78 is 5.03. The van der Waals surface area contributed by atoms with Gasteiger partial charge in [-0.2, -0.15) is 0 Å². The molecule has 0 saturated carbocycles. The number of benzene rings is 1. The molecule has 0 unspecified atom stereocenters. The molecule has 15 heavy (non-hydrogen) atoms. The van der Waals surface area contributed by atoms with Crippen molar-refractivity contribution >= 4 is 11.5 Å². The van der Waals surface area contributed by atoms with Crippen molar-refractivity contribution in [2.75, 3.05) is 19.4 Å². The topological polar surface area (TPSA) is 78.3 Å². The number of anilines is 1. The molecule has 0 aliphatic carbocycles. The quantitative estimate of drug-likeness (QED) is 0.563. The zero-order chi connectivity index (χ0) is 11.3. The predicted octanol–water partition coefficient (Wildman–Crippen LogP) is 1.20. The van der Waals surface area contributed by atoms with Crippen molar-refractivity contribution in [3.8, 4) is 5.75 Å². The van der Waals surface area contributed by atoms with Crippen LogP contribution in [0.2, 0.25) is 0 Å². The number of carbonyl (C=O) groups excluding carboxylic acids is 1. The molecule has 0 aliphatic heterocycles. The summed E-state index contributed by atoms with van der Waals surface area (Å²) in [6.45, 7) is 0.510. The van der Waals surface area contributed by atoms with E-state index >= 15 is 0 Å². The molecule has 4 nitrogen and oxygen atoms in total. The van der Waals surface area contributed by atoms with Gasteiger partial charge >= 0.3 is 0 Å². The van der Waals surface area contributed by atoms with Crippen LogP contribution in [0.15, 0.2) is 18.2 Å². The van der Waals surface area contributed by atoms with Crippen LogP contribution in [-0.4, -0.2) is 19.4 Å². The molecule has 0 bridgehead atoms. The minimum absolute atomic E-state index is 0.0110. The van der Waals surface area contributed by atoms with Gasteiger partial charge in [0.1, 0.15) is 5.75 Å². The maximum absolute atomic E-state index is 11.7. The van der Waals surface area contributed by atoms with Crippen molar-refractivity contribution in [3.05, 3.63) is 23.8 Å². The fourth-order valence-corrected chi connectivity index (χ4v) is 1.30. The molecule has 0 radical (unpaired) electrons. The second-order valence-corrected chi connectivity index (χ2v) is 3.27. The Bertz CT molecular complexity index is 350. The van der Waals surface area contributed by atoms with Gasteiger partial charge in [-0.1, -0.05) is 0 Å². The molecule has 82 valence electrons. The Labute approximate surface area is 89.2 Å². The Kier molecular flexibility index (Phi) is 4.12. The van der Waals surface area contributed by atoms with Crippen LogP contribution in [0.25, 0.3) is 0 Å². The van der Waals surface area contributed by atoms with Gasteiger partial charge in [-0.3, -0.25) is 4.79 Å². The van der Waals surface area contributed by atoms with Crippen molar-refractivity contribution in [1.29, 1.82) is 0 Å². The highest BCUT2D eigenvalue weighted by Crippen LogP contribution is 2.21. The maximum atomic E-state index is 11.7. The molecule has 0 spiro atoms. The SMILES string of the molecule is COc1ccc(N)c(C(=O)CCCN)c1. The highest BCUT2D eigenvalue weighted by atomic mass is 16.5. The van der Waals surface area contributed by atoms with E-state index in [1.54, 1.807) is 25.3 Å². The van der Waals surface area contributed by atoms with E-state index in [1.165, 1.54) is 0 Å². The Hall–Kier alpha value is -1.55. The average Bonchev–Trinajstić information content (AvgIpc) is 2.26. The van der Waals surface area contributed by atoms with Crippen molar-refractivity contribution < 1.29 is 9.53 Å². The number of ether oxygens (including phenoxy) is 1. The average molecular weight is 208 g/mol. The van der Waals surface area contributed by atoms with E-state index in [1.807, 2.05) is 0 Å². The molecule has 0 saturated heterocycles. The third-order valence-electron chi connectivity index (χ3n) is 2.17. The third-order valence-corrected chi connectivity index (χ3v) is 2.17. The molecule has 0 aromatic heterocycles. The third kappa shape index (κ3) is 2.95. The first-order chi connectivity index (χ1) is 7.19. The lowest BCUT2D eigenvalue weighted by Gasteiger charge is -2.06. The largest absolute Gasteiger partial charge is 0.497 e. The van der Waals surface area contributed by atoms with Gasteiger partial charge in [0.15, 0.2) is 5.78 Å². The number of methoxy groups -OCH3 is 1. The van der Waals surface area contributed by atoms with Gasteiger partial charge in [0.2, 0.25) is 0 Å². The van der Waals surface area contributed by atoms with Crippen LogP contribution in [-0.2, 0) is 0 Å². The smallest absolute Gasteiger partial charge is 0.165 e. The molecule has 1 aromatic rings. The van der Waals surface area contributed by atoms with Crippen LogP contribution in [0.5, 0.6) is 5.75 Å². The molecule has 4 heteroatoms. The van der Waals surface area contributed by atoms with Crippen LogP contribution in [0, 0.1) is 0 Å². The molecule has 4 N–H and O–H groups in total. The number of Topliss-reactive ketones (excluding diaryl/α,β-unsaturated/α-hetero) is 1. The fraction of sp³-hybridized carbons (Fsp3) is 0.364.